The average molecular weight is 265 g/mol. The molecule has 100 valence electrons. The normalized spacial score (nSPS) is 10.9. The minimum Gasteiger partial charge on any atom is -0.478 e. The molecule has 0 atom stereocenters. The molecule has 1 rings (SSSR count). The number of carbonyl (C=O) groups excluding carboxylic acids is 1. The average Bonchev–Trinajstić information content (AvgIpc) is 2.36. The molecule has 0 fully saturated rings. The van der Waals surface area contributed by atoms with Crippen LogP contribution in [-0.4, -0.2) is 28.6 Å². The van der Waals surface area contributed by atoms with Crippen LogP contribution in [0.5, 0.6) is 0 Å². The molecule has 1 aromatic carbocycles. The lowest BCUT2D eigenvalue weighted by molar-refractivity contribution is -0.384. The maximum absolute atomic E-state index is 11.6. The Morgan fingerprint density at radius 1 is 1.37 bits per heavy atom. The standard InChI is InChI=1S/C12H11NO6/c1-2-19-12(16)10(7-11(14)15)8-3-5-9(6-4-8)13(17)18/h3-7H,2H2,1H3,(H,14,15)/b10-7+. The lowest BCUT2D eigenvalue weighted by Gasteiger charge is -2.06. The summed E-state index contributed by atoms with van der Waals surface area (Å²) in [6.07, 6.45) is 0.708. The Labute approximate surface area is 108 Å². The topological polar surface area (TPSA) is 107 Å². The maximum Gasteiger partial charge on any atom is 0.338 e. The van der Waals surface area contributed by atoms with Crippen molar-refractivity contribution in [2.75, 3.05) is 6.61 Å². The fourth-order valence-electron chi connectivity index (χ4n) is 1.36. The minimum atomic E-state index is -1.30. The molecular weight excluding hydrogens is 254 g/mol. The molecule has 7 heteroatoms. The molecule has 0 saturated heterocycles. The highest BCUT2D eigenvalue weighted by atomic mass is 16.6. The fourth-order valence-corrected chi connectivity index (χ4v) is 1.36. The van der Waals surface area contributed by atoms with Crippen LogP contribution in [-0.2, 0) is 14.3 Å². The van der Waals surface area contributed by atoms with E-state index in [0.717, 1.165) is 0 Å². The molecule has 0 spiro atoms. The van der Waals surface area contributed by atoms with Crippen LogP contribution < -0.4 is 0 Å². The van der Waals surface area contributed by atoms with Crippen molar-refractivity contribution in [3.8, 4) is 0 Å². The lowest BCUT2D eigenvalue weighted by atomic mass is 10.1. The number of nitro benzene ring substituents is 1. The zero-order chi connectivity index (χ0) is 14.4. The number of nitro groups is 1. The Kier molecular flexibility index (Phi) is 4.76. The van der Waals surface area contributed by atoms with Gasteiger partial charge >= 0.3 is 11.9 Å². The van der Waals surface area contributed by atoms with Gasteiger partial charge in [-0.05, 0) is 24.6 Å². The summed E-state index contributed by atoms with van der Waals surface area (Å²) in [6, 6.07) is 4.96. The quantitative estimate of drug-likeness (QED) is 0.375. The van der Waals surface area contributed by atoms with E-state index in [0.29, 0.717) is 6.08 Å². The van der Waals surface area contributed by atoms with Crippen LogP contribution in [0.4, 0.5) is 5.69 Å². The van der Waals surface area contributed by atoms with Crippen molar-refractivity contribution < 1.29 is 24.4 Å². The van der Waals surface area contributed by atoms with Crippen molar-refractivity contribution in [3.63, 3.8) is 0 Å². The van der Waals surface area contributed by atoms with Crippen LogP contribution in [0.1, 0.15) is 12.5 Å². The molecule has 1 N–H and O–H groups in total. The SMILES string of the molecule is CCOC(=O)/C(=C/C(=O)O)c1ccc([N+](=O)[O-])cc1. The zero-order valence-corrected chi connectivity index (χ0v) is 10.0. The first-order chi connectivity index (χ1) is 8.95. The molecule has 0 aliphatic carbocycles. The van der Waals surface area contributed by atoms with Crippen molar-refractivity contribution in [2.45, 2.75) is 6.92 Å². The summed E-state index contributed by atoms with van der Waals surface area (Å²) in [6.45, 7) is 1.69. The second kappa shape index (κ2) is 6.29. The third-order valence-corrected chi connectivity index (χ3v) is 2.15. The van der Waals surface area contributed by atoms with Crippen LogP contribution in [0.25, 0.3) is 5.57 Å². The molecule has 0 aliphatic rings. The molecule has 7 nitrogen and oxygen atoms in total. The highest BCUT2D eigenvalue weighted by Crippen LogP contribution is 2.20. The Balaban J connectivity index is 3.15. The summed E-state index contributed by atoms with van der Waals surface area (Å²) in [5.41, 5.74) is -0.0713. The predicted octanol–water partition coefficient (Wildman–Crippen LogP) is 1.63. The van der Waals surface area contributed by atoms with Crippen molar-refractivity contribution in [1.82, 2.24) is 0 Å². The van der Waals surface area contributed by atoms with Gasteiger partial charge in [-0.2, -0.15) is 0 Å². The highest BCUT2D eigenvalue weighted by molar-refractivity contribution is 6.20. The first-order valence-corrected chi connectivity index (χ1v) is 5.32. The lowest BCUT2D eigenvalue weighted by Crippen LogP contribution is -2.08. The van der Waals surface area contributed by atoms with Crippen molar-refractivity contribution >= 4 is 23.2 Å². The van der Waals surface area contributed by atoms with Crippen LogP contribution in [0.3, 0.4) is 0 Å². The molecule has 0 amide bonds. The molecule has 0 radical (unpaired) electrons. The molecule has 1 aromatic rings. The molecule has 19 heavy (non-hydrogen) atoms. The number of non-ortho nitro benzene ring substituents is 1. The number of carboxylic acids is 1. The van der Waals surface area contributed by atoms with Crippen molar-refractivity contribution in [2.24, 2.45) is 0 Å². The van der Waals surface area contributed by atoms with E-state index >= 15 is 0 Å². The van der Waals surface area contributed by atoms with Crippen molar-refractivity contribution in [1.29, 1.82) is 0 Å². The maximum atomic E-state index is 11.6. The van der Waals surface area contributed by atoms with Gasteiger partial charge in [0.25, 0.3) is 5.69 Å². The largest absolute Gasteiger partial charge is 0.478 e. The Hall–Kier alpha value is -2.70. The summed E-state index contributed by atoms with van der Waals surface area (Å²) in [4.78, 5) is 32.2. The summed E-state index contributed by atoms with van der Waals surface area (Å²) in [5.74, 6) is -2.10. The van der Waals surface area contributed by atoms with Gasteiger partial charge < -0.3 is 9.84 Å². The number of ether oxygens (including phenoxy) is 1. The third kappa shape index (κ3) is 3.91. The second-order valence-corrected chi connectivity index (χ2v) is 3.42. The monoisotopic (exact) mass is 265 g/mol. The number of carbonyl (C=O) groups is 2. The molecule has 0 aliphatic heterocycles. The van der Waals surface area contributed by atoms with Gasteiger partial charge in [0.05, 0.1) is 17.1 Å². The predicted molar refractivity (Wildman–Crippen MR) is 65.3 cm³/mol. The van der Waals surface area contributed by atoms with Gasteiger partial charge in [0.15, 0.2) is 0 Å². The summed E-state index contributed by atoms with van der Waals surface area (Å²) in [7, 11) is 0. The zero-order valence-electron chi connectivity index (χ0n) is 10.0. The van der Waals surface area contributed by atoms with Gasteiger partial charge in [-0.25, -0.2) is 9.59 Å². The van der Waals surface area contributed by atoms with Crippen LogP contribution in [0, 0.1) is 10.1 Å². The fraction of sp³-hybridized carbons (Fsp3) is 0.167. The first kappa shape index (κ1) is 14.4. The van der Waals surface area contributed by atoms with Crippen molar-refractivity contribution in [3.05, 3.63) is 46.0 Å². The molecule has 0 unspecified atom stereocenters. The summed E-state index contributed by atoms with van der Waals surface area (Å²) < 4.78 is 4.73. The number of hydrogen-bond donors (Lipinski definition) is 1. The van der Waals surface area contributed by atoms with Gasteiger partial charge in [0.1, 0.15) is 0 Å². The van der Waals surface area contributed by atoms with Crippen LogP contribution in [0.2, 0.25) is 0 Å². The Morgan fingerprint density at radius 2 is 1.95 bits per heavy atom. The van der Waals surface area contributed by atoms with Gasteiger partial charge in [-0.15, -0.1) is 0 Å². The molecule has 0 bridgehead atoms. The van der Waals surface area contributed by atoms with E-state index in [2.05, 4.69) is 0 Å². The van der Waals surface area contributed by atoms with E-state index in [1.807, 2.05) is 0 Å². The van der Waals surface area contributed by atoms with E-state index in [9.17, 15) is 19.7 Å². The molecule has 0 aromatic heterocycles. The van der Waals surface area contributed by atoms with Crippen LogP contribution >= 0.6 is 0 Å². The van der Waals surface area contributed by atoms with Crippen LogP contribution in [0.15, 0.2) is 30.3 Å². The first-order valence-electron chi connectivity index (χ1n) is 5.32. The summed E-state index contributed by atoms with van der Waals surface area (Å²) in [5, 5.41) is 19.2. The highest BCUT2D eigenvalue weighted by Gasteiger charge is 2.16. The number of carboxylic acid groups (broad SMARTS) is 1. The third-order valence-electron chi connectivity index (χ3n) is 2.15. The number of esters is 1. The van der Waals surface area contributed by atoms with E-state index in [-0.39, 0.29) is 23.4 Å². The number of hydrogen-bond acceptors (Lipinski definition) is 5. The number of nitrogens with zero attached hydrogens (tertiary/aromatic N) is 1. The number of aliphatic carboxylic acids is 1. The van der Waals surface area contributed by atoms with Gasteiger partial charge in [-0.3, -0.25) is 10.1 Å². The molecule has 0 saturated carbocycles. The van der Waals surface area contributed by atoms with Gasteiger partial charge in [0.2, 0.25) is 0 Å². The van der Waals surface area contributed by atoms with Gasteiger partial charge in [-0.1, -0.05) is 0 Å². The van der Waals surface area contributed by atoms with Gasteiger partial charge in [0, 0.05) is 18.2 Å². The second-order valence-electron chi connectivity index (χ2n) is 3.42. The van der Waals surface area contributed by atoms with E-state index in [1.54, 1.807) is 6.92 Å². The Bertz CT molecular complexity index is 532. The minimum absolute atomic E-state index is 0.1000. The van der Waals surface area contributed by atoms with E-state index < -0.39 is 16.9 Å². The molecular formula is C12H11NO6. The van der Waals surface area contributed by atoms with E-state index in [1.165, 1.54) is 24.3 Å². The number of benzene rings is 1. The summed E-state index contributed by atoms with van der Waals surface area (Å²) >= 11 is 0. The van der Waals surface area contributed by atoms with E-state index in [4.69, 9.17) is 9.84 Å². The Morgan fingerprint density at radius 3 is 2.37 bits per heavy atom. The smallest absolute Gasteiger partial charge is 0.338 e. The number of rotatable bonds is 5. The molecule has 0 heterocycles.